The number of nitrogens with one attached hydrogen (secondary N) is 1. The second-order valence-corrected chi connectivity index (χ2v) is 4.11. The van der Waals surface area contributed by atoms with Crippen LogP contribution in [0.5, 0.6) is 5.75 Å². The van der Waals surface area contributed by atoms with Crippen molar-refractivity contribution in [3.63, 3.8) is 0 Å². The summed E-state index contributed by atoms with van der Waals surface area (Å²) in [5, 5.41) is 3.37. The van der Waals surface area contributed by atoms with Crippen LogP contribution in [0.1, 0.15) is 19.0 Å². The maximum atomic E-state index is 5.72. The summed E-state index contributed by atoms with van der Waals surface area (Å²) >= 11 is 0. The number of nitrogens with zero attached hydrogens (tertiary/aromatic N) is 1. The smallest absolute Gasteiger partial charge is 0.140 e. The molecule has 1 aliphatic rings. The fourth-order valence-corrected chi connectivity index (χ4v) is 1.53. The molecule has 1 aromatic rings. The van der Waals surface area contributed by atoms with Crippen LogP contribution in [0.4, 0.5) is 0 Å². The number of ether oxygens (including phenoxy) is 1. The van der Waals surface area contributed by atoms with E-state index in [4.69, 9.17) is 4.74 Å². The molecule has 0 aromatic carbocycles. The number of aryl methyl sites for hydroxylation is 1. The molecule has 76 valence electrons. The molecule has 0 radical (unpaired) electrons. The second-order valence-electron chi connectivity index (χ2n) is 4.11. The van der Waals surface area contributed by atoms with E-state index in [9.17, 15) is 0 Å². The van der Waals surface area contributed by atoms with Crippen LogP contribution in [0.2, 0.25) is 0 Å². The third kappa shape index (κ3) is 1.87. The van der Waals surface area contributed by atoms with E-state index in [0.29, 0.717) is 0 Å². The fraction of sp³-hybridized carbons (Fsp3) is 0.545. The first kappa shape index (κ1) is 9.46. The standard InChI is InChI=1S/C11H16N2O/c1-9-10(4-3-6-12-9)14-8-11(2)5-7-13-11/h3-4,6,13H,5,7-8H2,1-2H3. The van der Waals surface area contributed by atoms with Gasteiger partial charge < -0.3 is 10.1 Å². The van der Waals surface area contributed by atoms with Crippen LogP contribution >= 0.6 is 0 Å². The van der Waals surface area contributed by atoms with Crippen LogP contribution in [0, 0.1) is 6.92 Å². The van der Waals surface area contributed by atoms with Gasteiger partial charge in [0.1, 0.15) is 12.4 Å². The molecule has 14 heavy (non-hydrogen) atoms. The molecule has 0 saturated carbocycles. The molecule has 1 N–H and O–H groups in total. The lowest BCUT2D eigenvalue weighted by Crippen LogP contribution is -2.58. The Bertz CT molecular complexity index is 321. The average Bonchev–Trinajstić information content (AvgIpc) is 2.14. The zero-order valence-electron chi connectivity index (χ0n) is 8.71. The van der Waals surface area contributed by atoms with E-state index >= 15 is 0 Å². The van der Waals surface area contributed by atoms with Crippen LogP contribution in [0.25, 0.3) is 0 Å². The van der Waals surface area contributed by atoms with Crippen LogP contribution < -0.4 is 10.1 Å². The minimum Gasteiger partial charge on any atom is -0.490 e. The monoisotopic (exact) mass is 192 g/mol. The summed E-state index contributed by atoms with van der Waals surface area (Å²) in [7, 11) is 0. The molecule has 0 spiro atoms. The zero-order chi connectivity index (χ0) is 10.0. The van der Waals surface area contributed by atoms with E-state index in [0.717, 1.165) is 24.6 Å². The molecular formula is C11H16N2O. The number of hydrogen-bond acceptors (Lipinski definition) is 3. The van der Waals surface area contributed by atoms with E-state index in [1.54, 1.807) is 6.20 Å². The van der Waals surface area contributed by atoms with Crippen molar-refractivity contribution >= 4 is 0 Å². The third-order valence-corrected chi connectivity index (χ3v) is 2.73. The Kier molecular flexibility index (Phi) is 2.42. The number of rotatable bonds is 3. The Morgan fingerprint density at radius 3 is 3.00 bits per heavy atom. The van der Waals surface area contributed by atoms with Gasteiger partial charge in [-0.25, -0.2) is 0 Å². The van der Waals surface area contributed by atoms with Crippen molar-refractivity contribution < 1.29 is 4.74 Å². The van der Waals surface area contributed by atoms with Crippen molar-refractivity contribution in [1.82, 2.24) is 10.3 Å². The average molecular weight is 192 g/mol. The summed E-state index contributed by atoms with van der Waals surface area (Å²) in [6.45, 7) is 5.97. The molecule has 0 bridgehead atoms. The van der Waals surface area contributed by atoms with Crippen molar-refractivity contribution in [3.05, 3.63) is 24.0 Å². The van der Waals surface area contributed by atoms with E-state index in [-0.39, 0.29) is 5.54 Å². The van der Waals surface area contributed by atoms with Crippen molar-refractivity contribution in [2.24, 2.45) is 0 Å². The lowest BCUT2D eigenvalue weighted by atomic mass is 9.91. The maximum absolute atomic E-state index is 5.72. The summed E-state index contributed by atoms with van der Waals surface area (Å²) in [4.78, 5) is 4.18. The quantitative estimate of drug-likeness (QED) is 0.788. The van der Waals surface area contributed by atoms with Crippen molar-refractivity contribution in [3.8, 4) is 5.75 Å². The van der Waals surface area contributed by atoms with Gasteiger partial charge in [-0.3, -0.25) is 4.98 Å². The third-order valence-electron chi connectivity index (χ3n) is 2.73. The maximum Gasteiger partial charge on any atom is 0.140 e. The number of aromatic nitrogens is 1. The second kappa shape index (κ2) is 3.58. The molecule has 3 heteroatoms. The summed E-state index contributed by atoms with van der Waals surface area (Å²) in [5.41, 5.74) is 1.12. The SMILES string of the molecule is Cc1ncccc1OCC1(C)CCN1. The Balaban J connectivity index is 1.95. The normalized spacial score (nSPS) is 25.6. The molecule has 0 aliphatic carbocycles. The Morgan fingerprint density at radius 2 is 2.43 bits per heavy atom. The topological polar surface area (TPSA) is 34.1 Å². The Hall–Kier alpha value is -1.09. The highest BCUT2D eigenvalue weighted by atomic mass is 16.5. The molecule has 1 unspecified atom stereocenters. The molecule has 2 heterocycles. The van der Waals surface area contributed by atoms with Crippen LogP contribution in [-0.2, 0) is 0 Å². The summed E-state index contributed by atoms with van der Waals surface area (Å²) in [6, 6.07) is 3.86. The summed E-state index contributed by atoms with van der Waals surface area (Å²) < 4.78 is 5.72. The van der Waals surface area contributed by atoms with Crippen LogP contribution in [0.15, 0.2) is 18.3 Å². The van der Waals surface area contributed by atoms with Gasteiger partial charge >= 0.3 is 0 Å². The van der Waals surface area contributed by atoms with E-state index in [1.807, 2.05) is 19.1 Å². The molecule has 1 atom stereocenters. The molecule has 1 saturated heterocycles. The molecule has 2 rings (SSSR count). The minimum atomic E-state index is 0.169. The Labute approximate surface area is 84.5 Å². The van der Waals surface area contributed by atoms with Crippen molar-refractivity contribution in [1.29, 1.82) is 0 Å². The molecule has 0 amide bonds. The van der Waals surface area contributed by atoms with Gasteiger partial charge in [0, 0.05) is 6.20 Å². The van der Waals surface area contributed by atoms with Gasteiger partial charge in [0.25, 0.3) is 0 Å². The van der Waals surface area contributed by atoms with Gasteiger partial charge in [-0.05, 0) is 38.9 Å². The van der Waals surface area contributed by atoms with Gasteiger partial charge in [-0.2, -0.15) is 0 Å². The molecule has 1 aliphatic heterocycles. The van der Waals surface area contributed by atoms with Gasteiger partial charge in [-0.15, -0.1) is 0 Å². The fourth-order valence-electron chi connectivity index (χ4n) is 1.53. The van der Waals surface area contributed by atoms with Crippen LogP contribution in [0.3, 0.4) is 0 Å². The first-order valence-corrected chi connectivity index (χ1v) is 4.99. The first-order chi connectivity index (χ1) is 6.70. The highest BCUT2D eigenvalue weighted by Gasteiger charge is 2.31. The number of hydrogen-bond donors (Lipinski definition) is 1. The van der Waals surface area contributed by atoms with Gasteiger partial charge in [0.05, 0.1) is 11.2 Å². The molecule has 1 aromatic heterocycles. The van der Waals surface area contributed by atoms with Crippen molar-refractivity contribution in [2.75, 3.05) is 13.2 Å². The number of pyridine rings is 1. The summed E-state index contributed by atoms with van der Waals surface area (Å²) in [6.07, 6.45) is 2.97. The predicted molar refractivity (Wildman–Crippen MR) is 55.5 cm³/mol. The summed E-state index contributed by atoms with van der Waals surface area (Å²) in [5.74, 6) is 0.891. The van der Waals surface area contributed by atoms with Crippen molar-refractivity contribution in [2.45, 2.75) is 25.8 Å². The molecule has 1 fully saturated rings. The molecule has 3 nitrogen and oxygen atoms in total. The Morgan fingerprint density at radius 1 is 1.64 bits per heavy atom. The lowest BCUT2D eigenvalue weighted by molar-refractivity contribution is 0.131. The van der Waals surface area contributed by atoms with Gasteiger partial charge in [-0.1, -0.05) is 0 Å². The zero-order valence-corrected chi connectivity index (χ0v) is 8.71. The highest BCUT2D eigenvalue weighted by molar-refractivity contribution is 5.25. The highest BCUT2D eigenvalue weighted by Crippen LogP contribution is 2.21. The predicted octanol–water partition coefficient (Wildman–Crippen LogP) is 1.52. The van der Waals surface area contributed by atoms with Crippen LogP contribution in [-0.4, -0.2) is 23.7 Å². The van der Waals surface area contributed by atoms with E-state index < -0.39 is 0 Å². The largest absolute Gasteiger partial charge is 0.490 e. The minimum absolute atomic E-state index is 0.169. The van der Waals surface area contributed by atoms with Gasteiger partial charge in [0.2, 0.25) is 0 Å². The molecular weight excluding hydrogens is 176 g/mol. The van der Waals surface area contributed by atoms with Gasteiger partial charge in [0.15, 0.2) is 0 Å². The lowest BCUT2D eigenvalue weighted by Gasteiger charge is -2.39. The first-order valence-electron chi connectivity index (χ1n) is 4.99. The van der Waals surface area contributed by atoms with E-state index in [2.05, 4.69) is 17.2 Å². The van der Waals surface area contributed by atoms with E-state index in [1.165, 1.54) is 6.42 Å².